The van der Waals surface area contributed by atoms with E-state index in [2.05, 4.69) is 5.16 Å². The van der Waals surface area contributed by atoms with Crippen molar-refractivity contribution in [3.63, 3.8) is 0 Å². The number of nitrogens with zero attached hydrogens (tertiary/aromatic N) is 1. The fourth-order valence-electron chi connectivity index (χ4n) is 3.91. The van der Waals surface area contributed by atoms with Gasteiger partial charge in [-0.05, 0) is 30.7 Å². The first kappa shape index (κ1) is 19.6. The second-order valence-electron chi connectivity index (χ2n) is 7.65. The molecule has 6 heteroatoms. The lowest BCUT2D eigenvalue weighted by atomic mass is 9.98. The molecule has 158 valence electrons. The Morgan fingerprint density at radius 3 is 2.56 bits per heavy atom. The van der Waals surface area contributed by atoms with Crippen LogP contribution in [0.15, 0.2) is 86.7 Å². The van der Waals surface area contributed by atoms with Crippen LogP contribution in [0.25, 0.3) is 33.4 Å². The molecule has 0 atom stereocenters. The SMILES string of the molecule is Cc1ccc(O)c(-c2oncc2Cc2cccc3c(O)c(-c4ccccc4)c(=O)oc23)c1. The molecule has 0 aliphatic carbocycles. The number of aromatic hydroxyl groups is 2. The molecule has 2 N–H and O–H groups in total. The first-order valence-electron chi connectivity index (χ1n) is 10.1. The van der Waals surface area contributed by atoms with E-state index in [0.717, 1.165) is 5.56 Å². The predicted molar refractivity (Wildman–Crippen MR) is 121 cm³/mol. The van der Waals surface area contributed by atoms with Gasteiger partial charge < -0.3 is 19.2 Å². The minimum absolute atomic E-state index is 0.0863. The summed E-state index contributed by atoms with van der Waals surface area (Å²) >= 11 is 0. The molecule has 0 aliphatic rings. The first-order chi connectivity index (χ1) is 15.5. The van der Waals surface area contributed by atoms with Crippen LogP contribution in [-0.4, -0.2) is 15.4 Å². The summed E-state index contributed by atoms with van der Waals surface area (Å²) in [7, 11) is 0. The molecule has 0 spiro atoms. The van der Waals surface area contributed by atoms with Crippen LogP contribution in [0.2, 0.25) is 0 Å². The second kappa shape index (κ2) is 7.74. The minimum atomic E-state index is -0.615. The van der Waals surface area contributed by atoms with E-state index < -0.39 is 5.63 Å². The highest BCUT2D eigenvalue weighted by molar-refractivity contribution is 5.92. The van der Waals surface area contributed by atoms with Gasteiger partial charge in [-0.2, -0.15) is 0 Å². The summed E-state index contributed by atoms with van der Waals surface area (Å²) in [5.74, 6) is 0.407. The largest absolute Gasteiger partial charge is 0.507 e. The number of rotatable bonds is 4. The highest BCUT2D eigenvalue weighted by atomic mass is 16.5. The normalized spacial score (nSPS) is 11.2. The number of fused-ring (bicyclic) bond motifs is 1. The lowest BCUT2D eigenvalue weighted by molar-refractivity contribution is 0.425. The Bertz CT molecular complexity index is 1500. The van der Waals surface area contributed by atoms with E-state index in [0.29, 0.717) is 45.4 Å². The number of hydrogen-bond donors (Lipinski definition) is 2. The third-order valence-electron chi connectivity index (χ3n) is 5.47. The maximum Gasteiger partial charge on any atom is 0.347 e. The minimum Gasteiger partial charge on any atom is -0.507 e. The second-order valence-corrected chi connectivity index (χ2v) is 7.65. The van der Waals surface area contributed by atoms with E-state index in [4.69, 9.17) is 8.94 Å². The summed E-state index contributed by atoms with van der Waals surface area (Å²) < 4.78 is 11.1. The maximum absolute atomic E-state index is 12.8. The molecule has 2 aromatic heterocycles. The Morgan fingerprint density at radius 1 is 0.938 bits per heavy atom. The van der Waals surface area contributed by atoms with Crippen molar-refractivity contribution in [3.05, 3.63) is 100 Å². The zero-order chi connectivity index (χ0) is 22.2. The van der Waals surface area contributed by atoms with Crippen molar-refractivity contribution in [2.45, 2.75) is 13.3 Å². The fourth-order valence-corrected chi connectivity index (χ4v) is 3.91. The van der Waals surface area contributed by atoms with Crippen molar-refractivity contribution in [3.8, 4) is 33.9 Å². The van der Waals surface area contributed by atoms with Gasteiger partial charge in [-0.25, -0.2) is 4.79 Å². The maximum atomic E-state index is 12.8. The average Bonchev–Trinajstić information content (AvgIpc) is 3.25. The van der Waals surface area contributed by atoms with E-state index in [1.165, 1.54) is 0 Å². The number of phenols is 1. The number of benzene rings is 3. The third kappa shape index (κ3) is 3.32. The molecule has 2 heterocycles. The van der Waals surface area contributed by atoms with Crippen LogP contribution in [0.4, 0.5) is 0 Å². The smallest absolute Gasteiger partial charge is 0.347 e. The van der Waals surface area contributed by atoms with Crippen molar-refractivity contribution < 1.29 is 19.2 Å². The standard InChI is InChI=1S/C26H19NO5/c1-15-10-11-21(28)20(12-15)25-18(14-27-32-25)13-17-8-5-9-19-23(29)22(26(30)31-24(17)19)16-6-3-2-4-7-16/h2-12,14,28-29H,13H2,1H3. The van der Waals surface area contributed by atoms with Crippen LogP contribution in [0.1, 0.15) is 16.7 Å². The summed E-state index contributed by atoms with van der Waals surface area (Å²) in [4.78, 5) is 12.8. The molecule has 0 fully saturated rings. The van der Waals surface area contributed by atoms with Crippen molar-refractivity contribution in [1.82, 2.24) is 5.16 Å². The molecule has 6 nitrogen and oxygen atoms in total. The number of phenolic OH excluding ortho intramolecular Hbond substituents is 1. The topological polar surface area (TPSA) is 96.7 Å². The summed E-state index contributed by atoms with van der Waals surface area (Å²) in [5, 5.41) is 25.6. The number of para-hydroxylation sites is 1. The van der Waals surface area contributed by atoms with E-state index in [9.17, 15) is 15.0 Å². The van der Waals surface area contributed by atoms with Crippen molar-refractivity contribution >= 4 is 11.0 Å². The third-order valence-corrected chi connectivity index (χ3v) is 5.47. The van der Waals surface area contributed by atoms with Crippen molar-refractivity contribution in [2.75, 3.05) is 0 Å². The lowest BCUT2D eigenvalue weighted by Crippen LogP contribution is -2.05. The van der Waals surface area contributed by atoms with Gasteiger partial charge in [0.25, 0.3) is 0 Å². The van der Waals surface area contributed by atoms with Crippen molar-refractivity contribution in [1.29, 1.82) is 0 Å². The van der Waals surface area contributed by atoms with Gasteiger partial charge in [0.1, 0.15) is 22.6 Å². The molecule has 0 unspecified atom stereocenters. The van der Waals surface area contributed by atoms with E-state index >= 15 is 0 Å². The van der Waals surface area contributed by atoms with E-state index in [1.54, 1.807) is 54.7 Å². The summed E-state index contributed by atoms with van der Waals surface area (Å²) in [6.07, 6.45) is 1.91. The lowest BCUT2D eigenvalue weighted by Gasteiger charge is -2.10. The highest BCUT2D eigenvalue weighted by Gasteiger charge is 2.20. The van der Waals surface area contributed by atoms with Crippen molar-refractivity contribution in [2.24, 2.45) is 0 Å². The van der Waals surface area contributed by atoms with E-state index in [-0.39, 0.29) is 17.1 Å². The van der Waals surface area contributed by atoms with Gasteiger partial charge in [0.15, 0.2) is 5.76 Å². The highest BCUT2D eigenvalue weighted by Crippen LogP contribution is 2.37. The molecule has 5 rings (SSSR count). The summed E-state index contributed by atoms with van der Waals surface area (Å²) in [5.41, 5.74) is 3.31. The molecule has 0 saturated heterocycles. The molecule has 0 aliphatic heterocycles. The van der Waals surface area contributed by atoms with Gasteiger partial charge in [0.2, 0.25) is 0 Å². The zero-order valence-corrected chi connectivity index (χ0v) is 17.2. The Labute approximate surface area is 183 Å². The van der Waals surface area contributed by atoms with Crippen LogP contribution in [0, 0.1) is 6.92 Å². The van der Waals surface area contributed by atoms with Gasteiger partial charge in [0, 0.05) is 17.5 Å². The summed E-state index contributed by atoms with van der Waals surface area (Å²) in [6.45, 7) is 1.92. The Kier molecular flexibility index (Phi) is 4.75. The molecule has 0 bridgehead atoms. The van der Waals surface area contributed by atoms with Gasteiger partial charge >= 0.3 is 5.63 Å². The molecular weight excluding hydrogens is 406 g/mol. The quantitative estimate of drug-likeness (QED) is 0.373. The average molecular weight is 425 g/mol. The molecule has 3 aromatic carbocycles. The van der Waals surface area contributed by atoms with Crippen LogP contribution in [0.3, 0.4) is 0 Å². The van der Waals surface area contributed by atoms with Gasteiger partial charge in [-0.1, -0.05) is 59.3 Å². The number of aryl methyl sites for hydroxylation is 1. The first-order valence-corrected chi connectivity index (χ1v) is 10.1. The molecule has 5 aromatic rings. The number of aromatic nitrogens is 1. The van der Waals surface area contributed by atoms with E-state index in [1.807, 2.05) is 25.1 Å². The Morgan fingerprint density at radius 2 is 1.75 bits per heavy atom. The van der Waals surface area contributed by atoms with Crippen LogP contribution < -0.4 is 5.63 Å². The molecular formula is C26H19NO5. The van der Waals surface area contributed by atoms with Gasteiger partial charge in [-0.15, -0.1) is 0 Å². The van der Waals surface area contributed by atoms with Gasteiger partial charge in [-0.3, -0.25) is 0 Å². The van der Waals surface area contributed by atoms with Crippen LogP contribution in [0.5, 0.6) is 11.5 Å². The predicted octanol–water partition coefficient (Wildman–Crippen LogP) is 5.43. The molecule has 32 heavy (non-hydrogen) atoms. The van der Waals surface area contributed by atoms with Gasteiger partial charge in [0.05, 0.1) is 17.1 Å². The molecule has 0 radical (unpaired) electrons. The Hall–Kier alpha value is -4.32. The monoisotopic (exact) mass is 425 g/mol. The summed E-state index contributed by atoms with van der Waals surface area (Å²) in [6, 6.07) is 19.5. The molecule has 0 amide bonds. The van der Waals surface area contributed by atoms with Crippen LogP contribution >= 0.6 is 0 Å². The fraction of sp³-hybridized carbons (Fsp3) is 0.0769. The Balaban J connectivity index is 1.63. The number of hydrogen-bond acceptors (Lipinski definition) is 6. The zero-order valence-electron chi connectivity index (χ0n) is 17.2. The molecule has 0 saturated carbocycles. The van der Waals surface area contributed by atoms with Crippen LogP contribution in [-0.2, 0) is 6.42 Å².